The van der Waals surface area contributed by atoms with Gasteiger partial charge < -0.3 is 31.3 Å². The zero-order valence-corrected chi connectivity index (χ0v) is 25.7. The summed E-state index contributed by atoms with van der Waals surface area (Å²) >= 11 is 0. The van der Waals surface area contributed by atoms with E-state index < -0.39 is 30.5 Å². The van der Waals surface area contributed by atoms with Crippen LogP contribution in [0.1, 0.15) is 141 Å². The Morgan fingerprint density at radius 3 is 1.45 bits per heavy atom. The van der Waals surface area contributed by atoms with Crippen molar-refractivity contribution in [1.82, 2.24) is 10.2 Å². The molecule has 0 rings (SSSR count). The van der Waals surface area contributed by atoms with E-state index in [4.69, 9.17) is 21.1 Å². The van der Waals surface area contributed by atoms with Gasteiger partial charge in [-0.25, -0.2) is 0 Å². The zero-order valence-electron chi connectivity index (χ0n) is 25.7. The topological polar surface area (TPSA) is 187 Å². The molecule has 42 heavy (non-hydrogen) atoms. The molecular weight excluding hydrogens is 542 g/mol. The minimum absolute atomic E-state index is 0.0177. The average molecular weight is 600 g/mol. The van der Waals surface area contributed by atoms with Crippen LogP contribution in [-0.4, -0.2) is 75.6 Å². The maximum Gasteiger partial charge on any atom is 0.323 e. The van der Waals surface area contributed by atoms with Crippen LogP contribution in [0.15, 0.2) is 0 Å². The van der Waals surface area contributed by atoms with Crippen LogP contribution in [0.5, 0.6) is 0 Å². The van der Waals surface area contributed by atoms with Gasteiger partial charge in [-0.15, -0.1) is 0 Å². The first-order valence-corrected chi connectivity index (χ1v) is 16.1. The first-order chi connectivity index (χ1) is 20.1. The molecule has 0 unspecified atom stereocenters. The standard InChI is InChI=1S/C31H57N3O8/c32-26(31(41)42)19-17-18-23-33-27(35)22-24-34(25-30(39)40)28(36)20-15-13-11-9-7-5-3-1-2-4-6-8-10-12-14-16-21-29(37)38/h26H,1-25,32H2,(H,33,35)(H,37,38)(H,39,40)(H,41,42)/t26-/m0/s1. The maximum atomic E-state index is 12.5. The summed E-state index contributed by atoms with van der Waals surface area (Å²) in [4.78, 5) is 58.2. The molecule has 0 aromatic rings. The van der Waals surface area contributed by atoms with E-state index in [-0.39, 0.29) is 37.6 Å². The number of aliphatic carboxylic acids is 3. The fourth-order valence-corrected chi connectivity index (χ4v) is 4.81. The van der Waals surface area contributed by atoms with Crippen molar-refractivity contribution in [3.05, 3.63) is 0 Å². The highest BCUT2D eigenvalue weighted by molar-refractivity contribution is 5.82. The van der Waals surface area contributed by atoms with Crippen molar-refractivity contribution in [2.45, 2.75) is 147 Å². The van der Waals surface area contributed by atoms with Crippen molar-refractivity contribution in [1.29, 1.82) is 0 Å². The summed E-state index contributed by atoms with van der Waals surface area (Å²) in [5.74, 6) is -3.38. The molecule has 6 N–H and O–H groups in total. The van der Waals surface area contributed by atoms with Crippen LogP contribution in [0.4, 0.5) is 0 Å². The second-order valence-electron chi connectivity index (χ2n) is 11.3. The number of carboxylic acids is 3. The number of hydrogen-bond donors (Lipinski definition) is 5. The predicted octanol–water partition coefficient (Wildman–Crippen LogP) is 5.09. The molecule has 244 valence electrons. The second-order valence-corrected chi connectivity index (χ2v) is 11.3. The molecule has 0 aliphatic heterocycles. The first-order valence-electron chi connectivity index (χ1n) is 16.1. The van der Waals surface area contributed by atoms with E-state index in [0.717, 1.165) is 38.5 Å². The van der Waals surface area contributed by atoms with Crippen LogP contribution in [-0.2, 0) is 24.0 Å². The number of nitrogens with zero attached hydrogens (tertiary/aromatic N) is 1. The molecule has 0 aliphatic rings. The maximum absolute atomic E-state index is 12.5. The lowest BCUT2D eigenvalue weighted by molar-refractivity contribution is -0.145. The van der Waals surface area contributed by atoms with Crippen LogP contribution in [0.25, 0.3) is 0 Å². The smallest absolute Gasteiger partial charge is 0.323 e. The Morgan fingerprint density at radius 2 is 1.02 bits per heavy atom. The highest BCUT2D eigenvalue weighted by Crippen LogP contribution is 2.14. The van der Waals surface area contributed by atoms with Crippen LogP contribution in [0.3, 0.4) is 0 Å². The lowest BCUT2D eigenvalue weighted by Gasteiger charge is -2.20. The molecule has 0 aromatic heterocycles. The molecule has 2 amide bonds. The fraction of sp³-hybridized carbons (Fsp3) is 0.839. The van der Waals surface area contributed by atoms with Crippen LogP contribution >= 0.6 is 0 Å². The third-order valence-corrected chi connectivity index (χ3v) is 7.40. The molecule has 0 saturated carbocycles. The first kappa shape index (κ1) is 39.3. The summed E-state index contributed by atoms with van der Waals surface area (Å²) in [6, 6.07) is -0.908. The van der Waals surface area contributed by atoms with Gasteiger partial charge in [0.15, 0.2) is 0 Å². The number of carboxylic acid groups (broad SMARTS) is 3. The van der Waals surface area contributed by atoms with E-state index >= 15 is 0 Å². The van der Waals surface area contributed by atoms with Crippen molar-refractivity contribution < 1.29 is 39.3 Å². The number of rotatable bonds is 30. The van der Waals surface area contributed by atoms with Gasteiger partial charge >= 0.3 is 17.9 Å². The Bertz CT molecular complexity index is 762. The molecule has 0 spiro atoms. The van der Waals surface area contributed by atoms with Gasteiger partial charge in [0.1, 0.15) is 12.6 Å². The van der Waals surface area contributed by atoms with Gasteiger partial charge in [0, 0.05) is 32.4 Å². The number of nitrogens with one attached hydrogen (secondary N) is 1. The molecule has 11 nitrogen and oxygen atoms in total. The Hall–Kier alpha value is -2.69. The molecule has 0 heterocycles. The average Bonchev–Trinajstić information content (AvgIpc) is 2.93. The molecular formula is C31H57N3O8. The van der Waals surface area contributed by atoms with E-state index in [1.54, 1.807) is 0 Å². The molecule has 0 fully saturated rings. The Morgan fingerprint density at radius 1 is 0.571 bits per heavy atom. The highest BCUT2D eigenvalue weighted by atomic mass is 16.4. The molecule has 0 saturated heterocycles. The zero-order chi connectivity index (χ0) is 31.4. The van der Waals surface area contributed by atoms with E-state index in [0.29, 0.717) is 32.2 Å². The number of carbonyl (C=O) groups is 5. The minimum Gasteiger partial charge on any atom is -0.481 e. The summed E-state index contributed by atoms with van der Waals surface area (Å²) in [6.45, 7) is 0.00121. The number of nitrogens with two attached hydrogens (primary N) is 1. The SMILES string of the molecule is N[C@@H](CCCCNC(=O)CCN(CC(=O)O)C(=O)CCCCCCCCCCCCCCCCCCC(=O)O)C(=O)O. The number of unbranched alkanes of at least 4 members (excludes halogenated alkanes) is 16. The Balaban J connectivity index is 3.76. The summed E-state index contributed by atoms with van der Waals surface area (Å²) < 4.78 is 0. The minimum atomic E-state index is -1.11. The van der Waals surface area contributed by atoms with E-state index in [1.807, 2.05) is 0 Å². The second kappa shape index (κ2) is 27.2. The molecule has 1 atom stereocenters. The largest absolute Gasteiger partial charge is 0.481 e. The van der Waals surface area contributed by atoms with Gasteiger partial charge in [-0.05, 0) is 32.1 Å². The van der Waals surface area contributed by atoms with Gasteiger partial charge in [0.2, 0.25) is 11.8 Å². The third-order valence-electron chi connectivity index (χ3n) is 7.40. The van der Waals surface area contributed by atoms with Crippen molar-refractivity contribution >= 4 is 29.7 Å². The van der Waals surface area contributed by atoms with Crippen molar-refractivity contribution in [2.75, 3.05) is 19.6 Å². The summed E-state index contributed by atoms with van der Waals surface area (Å²) in [5.41, 5.74) is 5.44. The Kier molecular flexibility index (Phi) is 25.4. The van der Waals surface area contributed by atoms with Crippen molar-refractivity contribution in [3.8, 4) is 0 Å². The lowest BCUT2D eigenvalue weighted by Crippen LogP contribution is -2.38. The molecule has 0 bridgehead atoms. The van der Waals surface area contributed by atoms with Crippen LogP contribution < -0.4 is 11.1 Å². The normalized spacial score (nSPS) is 11.6. The van der Waals surface area contributed by atoms with Gasteiger partial charge in [-0.2, -0.15) is 0 Å². The number of hydrogen-bond acceptors (Lipinski definition) is 6. The summed E-state index contributed by atoms with van der Waals surface area (Å²) in [5, 5.41) is 29.2. The summed E-state index contributed by atoms with van der Waals surface area (Å²) in [6.07, 6.45) is 20.1. The number of carbonyl (C=O) groups excluding carboxylic acids is 2. The Labute approximate surface area is 252 Å². The van der Waals surface area contributed by atoms with Gasteiger partial charge in [-0.3, -0.25) is 24.0 Å². The van der Waals surface area contributed by atoms with Crippen molar-refractivity contribution in [3.63, 3.8) is 0 Å². The molecule has 0 radical (unpaired) electrons. The van der Waals surface area contributed by atoms with E-state index in [2.05, 4.69) is 5.32 Å². The van der Waals surface area contributed by atoms with Gasteiger partial charge in [-0.1, -0.05) is 89.9 Å². The van der Waals surface area contributed by atoms with Gasteiger partial charge in [0.25, 0.3) is 0 Å². The van der Waals surface area contributed by atoms with Crippen LogP contribution in [0.2, 0.25) is 0 Å². The molecule has 11 heteroatoms. The summed E-state index contributed by atoms with van der Waals surface area (Å²) in [7, 11) is 0. The molecule has 0 aromatic carbocycles. The number of amides is 2. The predicted molar refractivity (Wildman–Crippen MR) is 162 cm³/mol. The lowest BCUT2D eigenvalue weighted by atomic mass is 10.0. The van der Waals surface area contributed by atoms with Gasteiger partial charge in [0.05, 0.1) is 0 Å². The fourth-order valence-electron chi connectivity index (χ4n) is 4.81. The van der Waals surface area contributed by atoms with Crippen LogP contribution in [0, 0.1) is 0 Å². The van der Waals surface area contributed by atoms with E-state index in [9.17, 15) is 24.0 Å². The van der Waals surface area contributed by atoms with Crippen molar-refractivity contribution in [2.24, 2.45) is 5.73 Å². The third kappa shape index (κ3) is 26.2. The highest BCUT2D eigenvalue weighted by Gasteiger charge is 2.17. The monoisotopic (exact) mass is 599 g/mol. The quantitative estimate of drug-likeness (QED) is 0.0700. The van der Waals surface area contributed by atoms with E-state index in [1.165, 1.54) is 62.7 Å². The molecule has 0 aliphatic carbocycles.